The molecule has 1 aromatic carbocycles. The molecule has 3 amide bonds. The molecule has 2 aliphatic rings. The minimum atomic E-state index is -0.0581. The highest BCUT2D eigenvalue weighted by molar-refractivity contribution is 5.78. The van der Waals surface area contributed by atoms with Gasteiger partial charge in [-0.2, -0.15) is 0 Å². The molecule has 2 N–H and O–H groups in total. The number of fused-ring (bicyclic) bond motifs is 1. The number of carbonyl (C=O) groups excluding carboxylic acids is 2. The number of benzene rings is 1. The van der Waals surface area contributed by atoms with E-state index in [0.29, 0.717) is 32.7 Å². The van der Waals surface area contributed by atoms with Crippen LogP contribution in [0.1, 0.15) is 12.5 Å². The van der Waals surface area contributed by atoms with Crippen LogP contribution in [0.3, 0.4) is 0 Å². The van der Waals surface area contributed by atoms with Crippen molar-refractivity contribution in [3.63, 3.8) is 0 Å². The molecule has 1 atom stereocenters. The van der Waals surface area contributed by atoms with E-state index in [1.165, 1.54) is 5.56 Å². The minimum absolute atomic E-state index is 0.000351. The highest BCUT2D eigenvalue weighted by Crippen LogP contribution is 2.27. The van der Waals surface area contributed by atoms with Crippen LogP contribution >= 0.6 is 0 Å². The smallest absolute Gasteiger partial charge is 0.317 e. The highest BCUT2D eigenvalue weighted by atomic mass is 16.5. The van der Waals surface area contributed by atoms with Gasteiger partial charge in [-0.15, -0.1) is 0 Å². The van der Waals surface area contributed by atoms with Crippen LogP contribution in [0.15, 0.2) is 24.3 Å². The Labute approximate surface area is 148 Å². The molecule has 136 valence electrons. The first-order valence-corrected chi connectivity index (χ1v) is 8.92. The van der Waals surface area contributed by atoms with Gasteiger partial charge >= 0.3 is 6.03 Å². The maximum absolute atomic E-state index is 12.3. The largest absolute Gasteiger partial charge is 0.488 e. The molecule has 0 radical (unpaired) electrons. The number of carbonyl (C=O) groups is 2. The first-order chi connectivity index (χ1) is 12.2. The molecule has 7 nitrogen and oxygen atoms in total. The van der Waals surface area contributed by atoms with E-state index in [2.05, 4.69) is 21.6 Å². The molecule has 1 fully saturated rings. The van der Waals surface area contributed by atoms with Gasteiger partial charge in [0.2, 0.25) is 5.91 Å². The first-order valence-electron chi connectivity index (χ1n) is 8.92. The van der Waals surface area contributed by atoms with Crippen molar-refractivity contribution in [3.05, 3.63) is 29.8 Å². The molecule has 1 saturated heterocycles. The Bertz CT molecular complexity index is 589. The van der Waals surface area contributed by atoms with Gasteiger partial charge in [-0.05, 0) is 18.6 Å². The second-order valence-electron chi connectivity index (χ2n) is 6.45. The van der Waals surface area contributed by atoms with Crippen LogP contribution in [0.4, 0.5) is 4.79 Å². The quantitative estimate of drug-likeness (QED) is 0.812. The number of urea groups is 1. The summed E-state index contributed by atoms with van der Waals surface area (Å²) in [6.45, 7) is 6.17. The molecule has 2 heterocycles. The average Bonchev–Trinajstić information content (AvgIpc) is 3.03. The lowest BCUT2D eigenvalue weighted by atomic mass is 10.1. The van der Waals surface area contributed by atoms with Crippen molar-refractivity contribution >= 4 is 11.9 Å². The number of rotatable bonds is 5. The van der Waals surface area contributed by atoms with E-state index >= 15 is 0 Å². The zero-order valence-electron chi connectivity index (χ0n) is 14.7. The van der Waals surface area contributed by atoms with Crippen LogP contribution in [0.25, 0.3) is 0 Å². The maximum Gasteiger partial charge on any atom is 0.317 e. The Morgan fingerprint density at radius 1 is 1.16 bits per heavy atom. The summed E-state index contributed by atoms with van der Waals surface area (Å²) in [4.78, 5) is 27.8. The Morgan fingerprint density at radius 2 is 1.92 bits per heavy atom. The summed E-state index contributed by atoms with van der Waals surface area (Å²) in [7, 11) is 0. The van der Waals surface area contributed by atoms with Gasteiger partial charge in [-0.3, -0.25) is 9.69 Å². The van der Waals surface area contributed by atoms with E-state index in [1.54, 1.807) is 4.90 Å². The van der Waals surface area contributed by atoms with E-state index in [4.69, 9.17) is 4.74 Å². The molecule has 0 aliphatic carbocycles. The van der Waals surface area contributed by atoms with Crippen molar-refractivity contribution in [3.8, 4) is 5.75 Å². The molecule has 3 rings (SSSR count). The number of hydrogen-bond donors (Lipinski definition) is 2. The van der Waals surface area contributed by atoms with E-state index in [0.717, 1.165) is 25.3 Å². The SMILES string of the molecule is CCNC(=O)CN1CCN(C(=O)NC[C@H]2Cc3ccccc3O2)CC1. The van der Waals surface area contributed by atoms with E-state index in [1.807, 2.05) is 25.1 Å². The minimum Gasteiger partial charge on any atom is -0.488 e. The summed E-state index contributed by atoms with van der Waals surface area (Å²) in [5, 5.41) is 5.77. The van der Waals surface area contributed by atoms with E-state index < -0.39 is 0 Å². The van der Waals surface area contributed by atoms with E-state index in [-0.39, 0.29) is 18.0 Å². The van der Waals surface area contributed by atoms with Crippen LogP contribution < -0.4 is 15.4 Å². The second kappa shape index (κ2) is 8.20. The zero-order valence-corrected chi connectivity index (χ0v) is 14.7. The summed E-state index contributed by atoms with van der Waals surface area (Å²) in [5.41, 5.74) is 1.20. The van der Waals surface area contributed by atoms with Crippen molar-refractivity contribution in [2.75, 3.05) is 45.8 Å². The summed E-state index contributed by atoms with van der Waals surface area (Å²) in [6, 6.07) is 7.93. The number of hydrogen-bond acceptors (Lipinski definition) is 4. The Morgan fingerprint density at radius 3 is 2.64 bits per heavy atom. The predicted octanol–water partition coefficient (Wildman–Crippen LogP) is 0.453. The topological polar surface area (TPSA) is 73.9 Å². The monoisotopic (exact) mass is 346 g/mol. The molecular weight excluding hydrogens is 320 g/mol. The number of likely N-dealkylation sites (N-methyl/N-ethyl adjacent to an activating group) is 1. The number of nitrogens with one attached hydrogen (secondary N) is 2. The fraction of sp³-hybridized carbons (Fsp3) is 0.556. The van der Waals surface area contributed by atoms with Crippen LogP contribution in [-0.4, -0.2) is 73.7 Å². The molecule has 0 spiro atoms. The molecular formula is C18H26N4O3. The molecule has 1 aromatic rings. The van der Waals surface area contributed by atoms with Crippen LogP contribution in [0, 0.1) is 0 Å². The Balaban J connectivity index is 1.37. The standard InChI is InChI=1S/C18H26N4O3/c1-2-19-17(23)13-21-7-9-22(10-8-21)18(24)20-12-15-11-14-5-3-4-6-16(14)25-15/h3-6,15H,2,7-13H2,1H3,(H,19,23)(H,20,24)/t15-/m1/s1. The van der Waals surface area contributed by atoms with Crippen molar-refractivity contribution < 1.29 is 14.3 Å². The highest BCUT2D eigenvalue weighted by Gasteiger charge is 2.25. The number of para-hydroxylation sites is 1. The fourth-order valence-electron chi connectivity index (χ4n) is 3.25. The van der Waals surface area contributed by atoms with Crippen LogP contribution in [-0.2, 0) is 11.2 Å². The van der Waals surface area contributed by atoms with Gasteiger partial charge in [0.25, 0.3) is 0 Å². The lowest BCUT2D eigenvalue weighted by Crippen LogP contribution is -2.54. The third-order valence-corrected chi connectivity index (χ3v) is 4.60. The normalized spacial score (nSPS) is 19.9. The second-order valence-corrected chi connectivity index (χ2v) is 6.45. The maximum atomic E-state index is 12.3. The summed E-state index contributed by atoms with van der Waals surface area (Å²) >= 11 is 0. The molecule has 7 heteroatoms. The molecule has 0 aromatic heterocycles. The van der Waals surface area contributed by atoms with Crippen LogP contribution in [0.2, 0.25) is 0 Å². The van der Waals surface area contributed by atoms with Crippen LogP contribution in [0.5, 0.6) is 5.75 Å². The molecule has 0 unspecified atom stereocenters. The molecule has 0 saturated carbocycles. The lowest BCUT2D eigenvalue weighted by molar-refractivity contribution is -0.122. The summed E-state index contributed by atoms with van der Waals surface area (Å²) in [6.07, 6.45) is 0.830. The Kier molecular flexibility index (Phi) is 5.75. The number of ether oxygens (including phenoxy) is 1. The molecule has 25 heavy (non-hydrogen) atoms. The first kappa shape index (κ1) is 17.5. The lowest BCUT2D eigenvalue weighted by Gasteiger charge is -2.34. The Hall–Kier alpha value is -2.28. The van der Waals surface area contributed by atoms with Gasteiger partial charge in [0, 0.05) is 39.1 Å². The molecule has 0 bridgehead atoms. The van der Waals surface area contributed by atoms with Gasteiger partial charge in [0.05, 0.1) is 13.1 Å². The van der Waals surface area contributed by atoms with Crippen molar-refractivity contribution in [1.82, 2.24) is 20.4 Å². The van der Waals surface area contributed by atoms with Gasteiger partial charge in [-0.1, -0.05) is 18.2 Å². The number of nitrogens with zero attached hydrogens (tertiary/aromatic N) is 2. The van der Waals surface area contributed by atoms with Gasteiger partial charge in [0.15, 0.2) is 0 Å². The number of piperazine rings is 1. The van der Waals surface area contributed by atoms with Gasteiger partial charge in [0.1, 0.15) is 11.9 Å². The van der Waals surface area contributed by atoms with Gasteiger partial charge < -0.3 is 20.3 Å². The van der Waals surface area contributed by atoms with Crippen molar-refractivity contribution in [2.45, 2.75) is 19.4 Å². The van der Waals surface area contributed by atoms with Crippen molar-refractivity contribution in [1.29, 1.82) is 0 Å². The number of amides is 3. The van der Waals surface area contributed by atoms with Gasteiger partial charge in [-0.25, -0.2) is 4.79 Å². The third kappa shape index (κ3) is 4.63. The van der Waals surface area contributed by atoms with Crippen molar-refractivity contribution in [2.24, 2.45) is 0 Å². The zero-order chi connectivity index (χ0) is 17.6. The summed E-state index contributed by atoms with van der Waals surface area (Å²) in [5.74, 6) is 0.957. The molecule has 2 aliphatic heterocycles. The average molecular weight is 346 g/mol. The fourth-order valence-corrected chi connectivity index (χ4v) is 3.25. The predicted molar refractivity (Wildman–Crippen MR) is 94.7 cm³/mol. The summed E-state index contributed by atoms with van der Waals surface area (Å²) < 4.78 is 5.84. The van der Waals surface area contributed by atoms with E-state index in [9.17, 15) is 9.59 Å². The third-order valence-electron chi connectivity index (χ3n) is 4.60.